The lowest BCUT2D eigenvalue weighted by Crippen LogP contribution is -2.19. The summed E-state index contributed by atoms with van der Waals surface area (Å²) in [6.45, 7) is 0. The molecule has 0 aliphatic rings. The van der Waals surface area contributed by atoms with Gasteiger partial charge in [0, 0.05) is 5.56 Å². The van der Waals surface area contributed by atoms with E-state index in [9.17, 15) is 22.8 Å². The van der Waals surface area contributed by atoms with Gasteiger partial charge in [-0.15, -0.1) is 0 Å². The number of ether oxygens (including phenoxy) is 2. The number of aromatic nitrogens is 2. The van der Waals surface area contributed by atoms with Crippen molar-refractivity contribution in [3.63, 3.8) is 0 Å². The molecule has 0 saturated heterocycles. The van der Waals surface area contributed by atoms with Crippen LogP contribution in [-0.2, 0) is 15.7 Å². The van der Waals surface area contributed by atoms with Crippen LogP contribution in [0.15, 0.2) is 30.3 Å². The molecule has 9 heteroatoms. The van der Waals surface area contributed by atoms with Crippen molar-refractivity contribution in [2.24, 2.45) is 0 Å². The molecule has 1 aromatic heterocycles. The largest absolute Gasteiger partial charge is 0.464 e. The standard InChI is InChI=1S/C14H11F3N2O4/c1-22-12(20)11-7-10(18-19(11)13(21)23-2)8-4-3-5-9(6-8)14(15,16)17/h3-7H,1-2H3. The fourth-order valence-electron chi connectivity index (χ4n) is 1.85. The van der Waals surface area contributed by atoms with Gasteiger partial charge in [-0.2, -0.15) is 23.0 Å². The van der Waals surface area contributed by atoms with E-state index >= 15 is 0 Å². The Hall–Kier alpha value is -2.84. The van der Waals surface area contributed by atoms with Crippen molar-refractivity contribution in [3.8, 4) is 11.3 Å². The fourth-order valence-corrected chi connectivity index (χ4v) is 1.85. The van der Waals surface area contributed by atoms with Gasteiger partial charge in [-0.3, -0.25) is 0 Å². The second-order valence-electron chi connectivity index (χ2n) is 4.37. The summed E-state index contributed by atoms with van der Waals surface area (Å²) in [4.78, 5) is 23.3. The number of hydrogen-bond acceptors (Lipinski definition) is 5. The van der Waals surface area contributed by atoms with Gasteiger partial charge in [0.2, 0.25) is 0 Å². The van der Waals surface area contributed by atoms with E-state index in [0.29, 0.717) is 4.68 Å². The minimum atomic E-state index is -4.52. The quantitative estimate of drug-likeness (QED) is 0.793. The topological polar surface area (TPSA) is 70.4 Å². The van der Waals surface area contributed by atoms with E-state index in [1.165, 1.54) is 12.1 Å². The van der Waals surface area contributed by atoms with E-state index < -0.39 is 23.8 Å². The molecular formula is C14H11F3N2O4. The summed E-state index contributed by atoms with van der Waals surface area (Å²) in [5.41, 5.74) is -1.04. The Morgan fingerprint density at radius 1 is 1.13 bits per heavy atom. The molecule has 23 heavy (non-hydrogen) atoms. The maximum absolute atomic E-state index is 12.8. The van der Waals surface area contributed by atoms with Gasteiger partial charge < -0.3 is 9.47 Å². The lowest BCUT2D eigenvalue weighted by atomic mass is 10.1. The van der Waals surface area contributed by atoms with Crippen LogP contribution >= 0.6 is 0 Å². The summed E-state index contributed by atoms with van der Waals surface area (Å²) < 4.78 is 47.9. The van der Waals surface area contributed by atoms with Crippen LogP contribution in [0.3, 0.4) is 0 Å². The summed E-state index contributed by atoms with van der Waals surface area (Å²) in [6.07, 6.45) is -5.49. The normalized spacial score (nSPS) is 11.2. The molecular weight excluding hydrogens is 317 g/mol. The highest BCUT2D eigenvalue weighted by Crippen LogP contribution is 2.32. The number of carbonyl (C=O) groups is 2. The molecule has 0 aliphatic heterocycles. The Morgan fingerprint density at radius 2 is 1.83 bits per heavy atom. The molecule has 0 amide bonds. The number of hydrogen-bond donors (Lipinski definition) is 0. The third-order valence-electron chi connectivity index (χ3n) is 2.94. The van der Waals surface area contributed by atoms with E-state index in [-0.39, 0.29) is 17.0 Å². The van der Waals surface area contributed by atoms with Gasteiger partial charge in [-0.05, 0) is 18.2 Å². The van der Waals surface area contributed by atoms with Crippen LogP contribution in [0.4, 0.5) is 18.0 Å². The van der Waals surface area contributed by atoms with Crippen molar-refractivity contribution >= 4 is 12.1 Å². The molecule has 2 aromatic rings. The highest BCUT2D eigenvalue weighted by molar-refractivity contribution is 5.92. The van der Waals surface area contributed by atoms with Gasteiger partial charge in [0.1, 0.15) is 0 Å². The Labute approximate surface area is 128 Å². The molecule has 0 radical (unpaired) electrons. The van der Waals surface area contributed by atoms with E-state index in [0.717, 1.165) is 32.4 Å². The Bertz CT molecular complexity index is 719. The van der Waals surface area contributed by atoms with Crippen LogP contribution in [0.2, 0.25) is 0 Å². The summed E-state index contributed by atoms with van der Waals surface area (Å²) >= 11 is 0. The molecule has 1 heterocycles. The van der Waals surface area contributed by atoms with Crippen molar-refractivity contribution in [2.45, 2.75) is 6.18 Å². The lowest BCUT2D eigenvalue weighted by Gasteiger charge is -2.07. The van der Waals surface area contributed by atoms with Crippen molar-refractivity contribution in [1.82, 2.24) is 9.78 Å². The van der Waals surface area contributed by atoms with E-state index in [1.807, 2.05) is 0 Å². The van der Waals surface area contributed by atoms with E-state index in [1.54, 1.807) is 0 Å². The number of rotatable bonds is 2. The second kappa shape index (κ2) is 6.11. The average Bonchev–Trinajstić information content (AvgIpc) is 2.98. The average molecular weight is 328 g/mol. The van der Waals surface area contributed by atoms with Crippen LogP contribution in [0.1, 0.15) is 16.1 Å². The van der Waals surface area contributed by atoms with Crippen molar-refractivity contribution in [2.75, 3.05) is 14.2 Å². The number of benzene rings is 1. The van der Waals surface area contributed by atoms with Gasteiger partial charge in [-0.1, -0.05) is 12.1 Å². The first-order chi connectivity index (χ1) is 10.8. The summed E-state index contributed by atoms with van der Waals surface area (Å²) in [5.74, 6) is -0.874. The monoisotopic (exact) mass is 328 g/mol. The minimum Gasteiger partial charge on any atom is -0.464 e. The Balaban J connectivity index is 2.55. The smallest absolute Gasteiger partial charge is 0.435 e. The molecule has 0 atom stereocenters. The molecule has 2 rings (SSSR count). The first-order valence-electron chi connectivity index (χ1n) is 6.22. The van der Waals surface area contributed by atoms with Crippen LogP contribution in [0.5, 0.6) is 0 Å². The van der Waals surface area contributed by atoms with Gasteiger partial charge in [0.15, 0.2) is 5.69 Å². The second-order valence-corrected chi connectivity index (χ2v) is 4.37. The highest BCUT2D eigenvalue weighted by Gasteiger charge is 2.31. The zero-order valence-electron chi connectivity index (χ0n) is 12.0. The van der Waals surface area contributed by atoms with Crippen molar-refractivity contribution in [3.05, 3.63) is 41.6 Å². The Morgan fingerprint density at radius 3 is 2.39 bits per heavy atom. The fraction of sp³-hybridized carbons (Fsp3) is 0.214. The number of halogens is 3. The molecule has 122 valence electrons. The van der Waals surface area contributed by atoms with Gasteiger partial charge in [-0.25, -0.2) is 9.59 Å². The number of nitrogens with zero attached hydrogens (tertiary/aromatic N) is 2. The SMILES string of the molecule is COC(=O)c1cc(-c2cccc(C(F)(F)F)c2)nn1C(=O)OC. The Kier molecular flexibility index (Phi) is 4.39. The van der Waals surface area contributed by atoms with Gasteiger partial charge in [0.25, 0.3) is 0 Å². The molecule has 0 saturated carbocycles. The van der Waals surface area contributed by atoms with Crippen molar-refractivity contribution in [1.29, 1.82) is 0 Å². The van der Waals surface area contributed by atoms with Gasteiger partial charge in [0.05, 0.1) is 25.5 Å². The third kappa shape index (κ3) is 3.33. The maximum atomic E-state index is 12.8. The number of carbonyl (C=O) groups excluding carboxylic acids is 2. The molecule has 0 fully saturated rings. The van der Waals surface area contributed by atoms with E-state index in [4.69, 9.17) is 0 Å². The van der Waals surface area contributed by atoms with Crippen molar-refractivity contribution < 1.29 is 32.2 Å². The zero-order valence-corrected chi connectivity index (χ0v) is 12.0. The zero-order chi connectivity index (χ0) is 17.2. The van der Waals surface area contributed by atoms with Crippen LogP contribution in [0, 0.1) is 0 Å². The molecule has 0 spiro atoms. The van der Waals surface area contributed by atoms with Gasteiger partial charge >= 0.3 is 18.2 Å². The number of esters is 1. The lowest BCUT2D eigenvalue weighted by molar-refractivity contribution is -0.137. The van der Waals surface area contributed by atoms with Crippen LogP contribution in [-0.4, -0.2) is 36.1 Å². The summed E-state index contributed by atoms with van der Waals surface area (Å²) in [6, 6.07) is 5.50. The summed E-state index contributed by atoms with van der Waals surface area (Å²) in [5, 5.41) is 3.82. The highest BCUT2D eigenvalue weighted by atomic mass is 19.4. The van der Waals surface area contributed by atoms with Crippen LogP contribution < -0.4 is 0 Å². The maximum Gasteiger partial charge on any atom is 0.435 e. The first-order valence-corrected chi connectivity index (χ1v) is 6.22. The first kappa shape index (κ1) is 16.5. The number of alkyl halides is 3. The molecule has 0 bridgehead atoms. The summed E-state index contributed by atoms with van der Waals surface area (Å²) in [7, 11) is 2.18. The molecule has 1 aromatic carbocycles. The predicted octanol–water partition coefficient (Wildman–Crippen LogP) is 2.97. The third-order valence-corrected chi connectivity index (χ3v) is 2.94. The van der Waals surface area contributed by atoms with E-state index in [2.05, 4.69) is 14.6 Å². The minimum absolute atomic E-state index is 0.00176. The molecule has 0 N–H and O–H groups in total. The predicted molar refractivity (Wildman–Crippen MR) is 71.8 cm³/mol. The molecule has 0 aliphatic carbocycles. The van der Waals surface area contributed by atoms with Crippen LogP contribution in [0.25, 0.3) is 11.3 Å². The molecule has 6 nitrogen and oxygen atoms in total. The number of methoxy groups -OCH3 is 2. The molecule has 0 unspecified atom stereocenters.